The van der Waals surface area contributed by atoms with E-state index in [4.69, 9.17) is 0 Å². The van der Waals surface area contributed by atoms with E-state index in [1.807, 2.05) is 0 Å². The van der Waals surface area contributed by atoms with Gasteiger partial charge in [0.05, 0.1) is 5.41 Å². The third-order valence-corrected chi connectivity index (χ3v) is 8.73. The number of hydrogen-bond acceptors (Lipinski definition) is 2. The maximum Gasteiger partial charge on any atom is 0.209 e. The van der Waals surface area contributed by atoms with Gasteiger partial charge in [0.1, 0.15) is 7.05 Å². The van der Waals surface area contributed by atoms with Gasteiger partial charge in [-0.2, -0.15) is 4.58 Å². The van der Waals surface area contributed by atoms with Crippen LogP contribution in [0.5, 0.6) is 0 Å². The number of fused-ring (bicyclic) bond motifs is 2. The first kappa shape index (κ1) is 26.3. The number of rotatable bonds is 5. The van der Waals surface area contributed by atoms with E-state index in [0.29, 0.717) is 6.04 Å². The Morgan fingerprint density at radius 1 is 0.868 bits per heavy atom. The highest BCUT2D eigenvalue weighted by Crippen LogP contribution is 2.47. The molecule has 0 amide bonds. The first-order valence-electron chi connectivity index (χ1n) is 14.2. The fourth-order valence-corrected chi connectivity index (χ4v) is 6.70. The molecule has 0 fully saturated rings. The summed E-state index contributed by atoms with van der Waals surface area (Å²) in [7, 11) is 4.40. The fourth-order valence-electron chi connectivity index (χ4n) is 6.70. The van der Waals surface area contributed by atoms with Crippen molar-refractivity contribution < 1.29 is 4.58 Å². The zero-order chi connectivity index (χ0) is 27.2. The lowest BCUT2D eigenvalue weighted by Gasteiger charge is -2.26. The van der Waals surface area contributed by atoms with Crippen LogP contribution < -0.4 is 10.2 Å². The van der Waals surface area contributed by atoms with Crippen molar-refractivity contribution in [3.63, 3.8) is 0 Å². The number of hydrogen-bond donors (Lipinski definition) is 1. The molecule has 0 atom stereocenters. The summed E-state index contributed by atoms with van der Waals surface area (Å²) in [4.78, 5) is 2.36. The van der Waals surface area contributed by atoms with E-state index in [1.165, 1.54) is 57.2 Å². The molecule has 2 aliphatic heterocycles. The predicted octanol–water partition coefficient (Wildman–Crippen LogP) is 7.92. The molecule has 1 N–H and O–H groups in total. The second-order valence-electron chi connectivity index (χ2n) is 12.4. The van der Waals surface area contributed by atoms with Gasteiger partial charge in [-0.1, -0.05) is 62.4 Å². The molecule has 0 saturated carbocycles. The van der Waals surface area contributed by atoms with E-state index in [2.05, 4.69) is 143 Å². The van der Waals surface area contributed by atoms with Crippen molar-refractivity contribution in [1.82, 2.24) is 5.32 Å². The molecule has 0 bridgehead atoms. The molecule has 0 radical (unpaired) electrons. The summed E-state index contributed by atoms with van der Waals surface area (Å²) >= 11 is 0. The van der Waals surface area contributed by atoms with Crippen molar-refractivity contribution in [2.45, 2.75) is 77.7 Å². The molecule has 0 aromatic heterocycles. The molecule has 0 saturated heterocycles. The van der Waals surface area contributed by atoms with Crippen LogP contribution in [-0.2, 0) is 10.8 Å². The Morgan fingerprint density at radius 3 is 2.24 bits per heavy atom. The van der Waals surface area contributed by atoms with E-state index in [9.17, 15) is 0 Å². The van der Waals surface area contributed by atoms with Gasteiger partial charge in [0, 0.05) is 53.3 Å². The van der Waals surface area contributed by atoms with E-state index in [0.717, 1.165) is 12.8 Å². The third kappa shape index (κ3) is 4.36. The first-order chi connectivity index (χ1) is 18.0. The van der Waals surface area contributed by atoms with Crippen molar-refractivity contribution in [1.29, 1.82) is 0 Å². The molecule has 3 aliphatic rings. The van der Waals surface area contributed by atoms with Gasteiger partial charge >= 0.3 is 0 Å². The minimum absolute atomic E-state index is 0.0144. The Morgan fingerprint density at radius 2 is 1.55 bits per heavy atom. The normalized spacial score (nSPS) is 22.3. The van der Waals surface area contributed by atoms with Crippen molar-refractivity contribution in [3.05, 3.63) is 107 Å². The van der Waals surface area contributed by atoms with E-state index in [-0.39, 0.29) is 10.8 Å². The molecule has 38 heavy (non-hydrogen) atoms. The smallest absolute Gasteiger partial charge is 0.209 e. The molecular weight excluding hydrogens is 462 g/mol. The van der Waals surface area contributed by atoms with Crippen LogP contribution in [-0.4, -0.2) is 30.4 Å². The molecule has 3 heteroatoms. The Kier molecular flexibility index (Phi) is 6.75. The lowest BCUT2D eigenvalue weighted by Crippen LogP contribution is -2.28. The number of nitrogens with one attached hydrogen (secondary N) is 1. The van der Waals surface area contributed by atoms with Crippen LogP contribution in [0.4, 0.5) is 11.4 Å². The van der Waals surface area contributed by atoms with Crippen LogP contribution in [0.25, 0.3) is 0 Å². The van der Waals surface area contributed by atoms with Gasteiger partial charge in [-0.05, 0) is 75.8 Å². The lowest BCUT2D eigenvalue weighted by atomic mass is 9.81. The van der Waals surface area contributed by atoms with Gasteiger partial charge in [0.2, 0.25) is 5.69 Å². The maximum atomic E-state index is 3.83. The average Bonchev–Trinajstić information content (AvgIpc) is 3.20. The monoisotopic (exact) mass is 506 g/mol. The number of likely N-dealkylation sites (N-methyl/N-ethyl adjacent to an activating group) is 1. The summed E-state index contributed by atoms with van der Waals surface area (Å²) in [6.45, 7) is 13.8. The molecule has 2 heterocycles. The van der Waals surface area contributed by atoms with Crippen LogP contribution in [0, 0.1) is 0 Å². The van der Waals surface area contributed by atoms with Crippen LogP contribution >= 0.6 is 0 Å². The van der Waals surface area contributed by atoms with Gasteiger partial charge in [-0.25, -0.2) is 0 Å². The van der Waals surface area contributed by atoms with Crippen molar-refractivity contribution in [2.24, 2.45) is 0 Å². The Labute approximate surface area is 230 Å². The maximum absolute atomic E-state index is 3.83. The fraction of sp³-hybridized carbons (Fsp3) is 0.400. The van der Waals surface area contributed by atoms with Crippen molar-refractivity contribution in [3.8, 4) is 0 Å². The predicted molar refractivity (Wildman–Crippen MR) is 163 cm³/mol. The molecular formula is C35H44N3+. The van der Waals surface area contributed by atoms with E-state index in [1.54, 1.807) is 0 Å². The van der Waals surface area contributed by atoms with Crippen LogP contribution in [0.15, 0.2) is 95.4 Å². The summed E-state index contributed by atoms with van der Waals surface area (Å²) in [5.41, 5.74) is 12.2. The largest absolute Gasteiger partial charge is 0.382 e. The highest BCUT2D eigenvalue weighted by molar-refractivity contribution is 6.03. The summed E-state index contributed by atoms with van der Waals surface area (Å²) in [6.07, 6.45) is 12.9. The van der Waals surface area contributed by atoms with Crippen LogP contribution in [0.2, 0.25) is 0 Å². The topological polar surface area (TPSA) is 18.3 Å². The Bertz CT molecular complexity index is 1410. The minimum atomic E-state index is -0.0144. The van der Waals surface area contributed by atoms with Gasteiger partial charge < -0.3 is 10.2 Å². The van der Waals surface area contributed by atoms with Gasteiger partial charge in [-0.3, -0.25) is 0 Å². The molecule has 1 aliphatic carbocycles. The summed E-state index contributed by atoms with van der Waals surface area (Å²) < 4.78 is 2.36. The first-order valence-corrected chi connectivity index (χ1v) is 14.2. The second-order valence-corrected chi connectivity index (χ2v) is 12.4. The number of anilines is 1. The highest BCUT2D eigenvalue weighted by atomic mass is 15.2. The molecule has 2 aromatic rings. The van der Waals surface area contributed by atoms with Crippen molar-refractivity contribution in [2.75, 3.05) is 19.0 Å². The molecule has 3 nitrogen and oxygen atoms in total. The quantitative estimate of drug-likeness (QED) is 0.415. The van der Waals surface area contributed by atoms with Crippen LogP contribution in [0.3, 0.4) is 0 Å². The van der Waals surface area contributed by atoms with Crippen molar-refractivity contribution >= 4 is 17.1 Å². The SMILES string of the molecule is CC(C)NC1=C(/C=C/C2=[N+](C)c3ccccc3C2(C)C)CCC/C1=C\C=C1\N(C)c2ccccc2C1(C)C. The number of nitrogens with zero attached hydrogens (tertiary/aromatic N) is 2. The highest BCUT2D eigenvalue weighted by Gasteiger charge is 2.42. The zero-order valence-corrected chi connectivity index (χ0v) is 24.5. The Hall–Kier alpha value is -3.33. The molecule has 5 rings (SSSR count). The summed E-state index contributed by atoms with van der Waals surface area (Å²) in [6, 6.07) is 18.0. The van der Waals surface area contributed by atoms with E-state index >= 15 is 0 Å². The lowest BCUT2D eigenvalue weighted by molar-refractivity contribution is -0.401. The summed E-state index contributed by atoms with van der Waals surface area (Å²) in [5, 5.41) is 3.83. The van der Waals surface area contributed by atoms with Gasteiger partial charge in [0.15, 0.2) is 5.71 Å². The van der Waals surface area contributed by atoms with Crippen LogP contribution in [0.1, 0.15) is 71.9 Å². The number of para-hydroxylation sites is 2. The average molecular weight is 507 g/mol. The van der Waals surface area contributed by atoms with Gasteiger partial charge in [-0.15, -0.1) is 0 Å². The zero-order valence-electron chi connectivity index (χ0n) is 24.5. The number of allylic oxidation sites excluding steroid dienone is 7. The standard InChI is InChI=1S/C35H43N3/c1-24(2)36-33-25(20-22-31-34(3,4)27-16-9-11-18-29(27)37(31)7)14-13-15-26(33)21-23-32-35(5,6)28-17-10-12-19-30(28)38(32)8/h9-12,16-24H,13-15H2,1-8H3/p+1/b25-20+,31-22+. The Balaban J connectivity index is 1.52. The minimum Gasteiger partial charge on any atom is -0.382 e. The molecule has 198 valence electrons. The number of benzene rings is 2. The van der Waals surface area contributed by atoms with Gasteiger partial charge in [0.25, 0.3) is 0 Å². The summed E-state index contributed by atoms with van der Waals surface area (Å²) in [5.74, 6) is 0. The molecule has 0 unspecified atom stereocenters. The second kappa shape index (κ2) is 9.76. The third-order valence-electron chi connectivity index (χ3n) is 8.73. The van der Waals surface area contributed by atoms with E-state index < -0.39 is 0 Å². The molecule has 2 aromatic carbocycles. The molecule has 0 spiro atoms.